The van der Waals surface area contributed by atoms with Gasteiger partial charge in [0.1, 0.15) is 11.8 Å². The van der Waals surface area contributed by atoms with E-state index in [9.17, 15) is 47.7 Å². The number of amides is 2. The van der Waals surface area contributed by atoms with Crippen LogP contribution in [0.5, 0.6) is 5.75 Å². The molecule has 1 aromatic rings. The van der Waals surface area contributed by atoms with Crippen molar-refractivity contribution in [1.29, 1.82) is 0 Å². The van der Waals surface area contributed by atoms with Crippen LogP contribution < -0.4 is 14.8 Å². The molecule has 0 bridgehead atoms. The third-order valence-electron chi connectivity index (χ3n) is 6.94. The number of hydrogen-bond acceptors (Lipinski definition) is 12. The molecule has 1 aromatic carbocycles. The average Bonchev–Trinajstić information content (AvgIpc) is 2.93. The second-order valence-corrected chi connectivity index (χ2v) is 11.7. The summed E-state index contributed by atoms with van der Waals surface area (Å²) in [5, 5.41) is 33.5. The first kappa shape index (κ1) is 38.3. The lowest BCUT2D eigenvalue weighted by Crippen LogP contribution is -2.52. The Hall–Kier alpha value is -3.88. The van der Waals surface area contributed by atoms with E-state index in [1.54, 1.807) is 26.5 Å². The number of carboxylic acids is 3. The number of rotatable bonds is 15. The second-order valence-electron chi connectivity index (χ2n) is 10.7. The van der Waals surface area contributed by atoms with Crippen molar-refractivity contribution in [3.05, 3.63) is 29.8 Å². The van der Waals surface area contributed by atoms with Crippen LogP contribution in [0.1, 0.15) is 12.5 Å². The van der Waals surface area contributed by atoms with Gasteiger partial charge in [0.25, 0.3) is 0 Å². The number of likely N-dealkylation sites (N-methyl/N-ethyl adjacent to an activating group) is 1. The fourth-order valence-corrected chi connectivity index (χ4v) is 5.13. The van der Waals surface area contributed by atoms with Crippen molar-refractivity contribution in [1.82, 2.24) is 30.2 Å². The van der Waals surface area contributed by atoms with E-state index in [1.807, 2.05) is 0 Å². The molecular formula is C27H42N6O12S. The SMILES string of the molecule is CCNC(=O)[C@@H](Cc1ccc(OS(=O)(=O)O)cc1)NC(=O)CN1CCN(CC(=O)O)CCN(CC(=O)O)CCN(CC(=O)O)CC1. The summed E-state index contributed by atoms with van der Waals surface area (Å²) in [6, 6.07) is 4.49. The maximum absolute atomic E-state index is 13.2. The van der Waals surface area contributed by atoms with Crippen molar-refractivity contribution < 1.29 is 56.4 Å². The van der Waals surface area contributed by atoms with E-state index >= 15 is 0 Å². The number of aliphatic carboxylic acids is 3. The predicted molar refractivity (Wildman–Crippen MR) is 162 cm³/mol. The first-order valence-electron chi connectivity index (χ1n) is 14.5. The molecule has 1 heterocycles. The van der Waals surface area contributed by atoms with E-state index < -0.39 is 46.2 Å². The Morgan fingerprint density at radius 2 is 1.13 bits per heavy atom. The summed E-state index contributed by atoms with van der Waals surface area (Å²) < 4.78 is 35.1. The first-order valence-corrected chi connectivity index (χ1v) is 15.9. The van der Waals surface area contributed by atoms with E-state index in [2.05, 4.69) is 14.8 Å². The van der Waals surface area contributed by atoms with Gasteiger partial charge in [0.2, 0.25) is 11.8 Å². The van der Waals surface area contributed by atoms with Gasteiger partial charge in [-0.2, -0.15) is 8.42 Å². The Bertz CT molecular complexity index is 1260. The van der Waals surface area contributed by atoms with Crippen LogP contribution in [0.3, 0.4) is 0 Å². The molecule has 1 saturated heterocycles. The molecule has 2 amide bonds. The normalized spacial score (nSPS) is 17.2. The third-order valence-corrected chi connectivity index (χ3v) is 7.34. The van der Waals surface area contributed by atoms with Crippen molar-refractivity contribution in [3.8, 4) is 5.75 Å². The zero-order chi connectivity index (χ0) is 34.3. The minimum atomic E-state index is -4.72. The number of nitrogens with zero attached hydrogens (tertiary/aromatic N) is 4. The van der Waals surface area contributed by atoms with Crippen LogP contribution in [0.2, 0.25) is 0 Å². The minimum absolute atomic E-state index is 0.0371. The van der Waals surface area contributed by atoms with Crippen LogP contribution in [-0.4, -0.2) is 169 Å². The monoisotopic (exact) mass is 674 g/mol. The highest BCUT2D eigenvalue weighted by atomic mass is 32.3. The number of nitrogens with one attached hydrogen (secondary N) is 2. The van der Waals surface area contributed by atoms with Crippen LogP contribution in [0.4, 0.5) is 0 Å². The molecule has 1 atom stereocenters. The van der Waals surface area contributed by atoms with Gasteiger partial charge in [-0.25, -0.2) is 0 Å². The Morgan fingerprint density at radius 3 is 1.48 bits per heavy atom. The van der Waals surface area contributed by atoms with Crippen LogP contribution >= 0.6 is 0 Å². The topological polar surface area (TPSA) is 247 Å². The van der Waals surface area contributed by atoms with Crippen molar-refractivity contribution >= 4 is 40.1 Å². The number of hydrogen-bond donors (Lipinski definition) is 6. The van der Waals surface area contributed by atoms with Gasteiger partial charge in [-0.1, -0.05) is 12.1 Å². The molecule has 0 spiro atoms. The maximum Gasteiger partial charge on any atom is 0.446 e. The van der Waals surface area contributed by atoms with E-state index in [4.69, 9.17) is 4.55 Å². The molecule has 1 aliphatic heterocycles. The van der Waals surface area contributed by atoms with Gasteiger partial charge in [0.05, 0.1) is 26.2 Å². The Balaban J connectivity index is 2.19. The van der Waals surface area contributed by atoms with E-state index in [1.165, 1.54) is 24.3 Å². The van der Waals surface area contributed by atoms with Crippen LogP contribution in [0, 0.1) is 0 Å². The summed E-state index contributed by atoms with van der Waals surface area (Å²) in [5.74, 6) is -4.34. The zero-order valence-electron chi connectivity index (χ0n) is 25.5. The summed E-state index contributed by atoms with van der Waals surface area (Å²) in [6.45, 7) is 2.72. The zero-order valence-corrected chi connectivity index (χ0v) is 26.4. The molecule has 1 fully saturated rings. The molecule has 2 rings (SSSR count). The summed E-state index contributed by atoms with van der Waals surface area (Å²) in [4.78, 5) is 67.1. The minimum Gasteiger partial charge on any atom is -0.480 e. The molecule has 0 aliphatic carbocycles. The van der Waals surface area contributed by atoms with E-state index in [0.29, 0.717) is 12.1 Å². The average molecular weight is 675 g/mol. The molecule has 258 valence electrons. The van der Waals surface area contributed by atoms with Crippen LogP contribution in [0.15, 0.2) is 24.3 Å². The van der Waals surface area contributed by atoms with Gasteiger partial charge >= 0.3 is 28.3 Å². The number of carbonyl (C=O) groups is 5. The fraction of sp³-hybridized carbons (Fsp3) is 0.593. The van der Waals surface area contributed by atoms with Crippen molar-refractivity contribution in [2.24, 2.45) is 0 Å². The molecule has 6 N–H and O–H groups in total. The van der Waals surface area contributed by atoms with Gasteiger partial charge in [-0.15, -0.1) is 0 Å². The number of carbonyl (C=O) groups excluding carboxylic acids is 2. The first-order chi connectivity index (χ1) is 21.6. The van der Waals surface area contributed by atoms with Crippen molar-refractivity contribution in [2.75, 3.05) is 85.1 Å². The summed E-state index contributed by atoms with van der Waals surface area (Å²) in [5.41, 5.74) is 0.552. The van der Waals surface area contributed by atoms with Gasteiger partial charge in [-0.05, 0) is 24.6 Å². The highest BCUT2D eigenvalue weighted by molar-refractivity contribution is 7.81. The van der Waals surface area contributed by atoms with Crippen molar-refractivity contribution in [2.45, 2.75) is 19.4 Å². The lowest BCUT2D eigenvalue weighted by atomic mass is 10.0. The summed E-state index contributed by atoms with van der Waals surface area (Å²) in [7, 11) is -4.72. The molecule has 19 heteroatoms. The Labute approximate surface area is 266 Å². The molecule has 46 heavy (non-hydrogen) atoms. The molecule has 0 unspecified atom stereocenters. The molecule has 0 aromatic heterocycles. The highest BCUT2D eigenvalue weighted by Gasteiger charge is 2.24. The smallest absolute Gasteiger partial charge is 0.446 e. The van der Waals surface area contributed by atoms with Gasteiger partial charge < -0.3 is 30.1 Å². The Kier molecular flexibility index (Phi) is 15.8. The van der Waals surface area contributed by atoms with Gasteiger partial charge in [0, 0.05) is 65.3 Å². The predicted octanol–water partition coefficient (Wildman–Crippen LogP) is -2.49. The quantitative estimate of drug-likeness (QED) is 0.105. The molecular weight excluding hydrogens is 632 g/mol. The van der Waals surface area contributed by atoms with Crippen molar-refractivity contribution in [3.63, 3.8) is 0 Å². The molecule has 0 radical (unpaired) electrons. The van der Waals surface area contributed by atoms with Gasteiger partial charge in [-0.3, -0.25) is 48.1 Å². The molecule has 0 saturated carbocycles. The largest absolute Gasteiger partial charge is 0.480 e. The van der Waals surface area contributed by atoms with E-state index in [-0.39, 0.29) is 90.7 Å². The lowest BCUT2D eigenvalue weighted by molar-refractivity contribution is -0.140. The highest BCUT2D eigenvalue weighted by Crippen LogP contribution is 2.15. The van der Waals surface area contributed by atoms with Gasteiger partial charge in [0.15, 0.2) is 0 Å². The fourth-order valence-electron chi connectivity index (χ4n) is 4.77. The second kappa shape index (κ2) is 18.9. The number of benzene rings is 1. The lowest BCUT2D eigenvalue weighted by Gasteiger charge is -2.33. The summed E-state index contributed by atoms with van der Waals surface area (Å²) >= 11 is 0. The summed E-state index contributed by atoms with van der Waals surface area (Å²) in [6.07, 6.45) is 0.0371. The Morgan fingerprint density at radius 1 is 0.739 bits per heavy atom. The number of carboxylic acid groups (broad SMARTS) is 3. The van der Waals surface area contributed by atoms with Crippen LogP contribution in [-0.2, 0) is 40.8 Å². The van der Waals surface area contributed by atoms with E-state index in [0.717, 1.165) is 0 Å². The van der Waals surface area contributed by atoms with Crippen LogP contribution in [0.25, 0.3) is 0 Å². The maximum atomic E-state index is 13.2. The molecule has 18 nitrogen and oxygen atoms in total. The molecule has 1 aliphatic rings. The third kappa shape index (κ3) is 15.9. The standard InChI is InChI=1S/C27H42N6O12S/c1-2-28-27(41)22(15-20-3-5-21(6-4-20)45-46(42,43)44)29-23(34)16-30-7-9-31(17-24(35)36)11-13-33(19-26(39)40)14-12-32(10-8-30)18-25(37)38/h3-6,22H,2,7-19H2,1H3,(H,28,41)(H,29,34)(H,35,36)(H,37,38)(H,39,40)(H,42,43,44)/t22-/m1/s1.